The molecule has 0 unspecified atom stereocenters. The number of guanidine groups is 1. The molecule has 0 spiro atoms. The number of ether oxygens (including phenoxy) is 3. The third kappa shape index (κ3) is 6.69. The van der Waals surface area contributed by atoms with Gasteiger partial charge in [0.05, 0.1) is 26.3 Å². The molecule has 2 aromatic rings. The molecule has 0 amide bonds. The second kappa shape index (κ2) is 12.7. The van der Waals surface area contributed by atoms with Gasteiger partial charge in [0.2, 0.25) is 0 Å². The molecule has 1 heterocycles. The minimum Gasteiger partial charge on any atom is -0.496 e. The summed E-state index contributed by atoms with van der Waals surface area (Å²) in [7, 11) is 6.60. The standard InChI is InChI=1S/C19H28N4O3S.HI/c1-6-14-12-22-18(27-14)7-8-21-19(20-2)23-11-13-9-16(25-4)17(26-5)10-15(13)24-3;/h9-10,12H,6-8,11H2,1-5H3,(H2,20,21,23);1H. The normalized spacial score (nSPS) is 10.8. The smallest absolute Gasteiger partial charge is 0.191 e. The van der Waals surface area contributed by atoms with Crippen molar-refractivity contribution in [3.8, 4) is 17.2 Å². The van der Waals surface area contributed by atoms with Gasteiger partial charge in [-0.2, -0.15) is 0 Å². The second-order valence-electron chi connectivity index (χ2n) is 5.70. The molecule has 28 heavy (non-hydrogen) atoms. The molecule has 2 N–H and O–H groups in total. The number of nitrogens with one attached hydrogen (secondary N) is 2. The van der Waals surface area contributed by atoms with Gasteiger partial charge < -0.3 is 24.8 Å². The number of aryl methyl sites for hydroxylation is 1. The lowest BCUT2D eigenvalue weighted by Crippen LogP contribution is -2.37. The van der Waals surface area contributed by atoms with E-state index in [2.05, 4.69) is 27.5 Å². The van der Waals surface area contributed by atoms with Gasteiger partial charge in [0.25, 0.3) is 0 Å². The number of aliphatic imine (C=N–C) groups is 1. The number of rotatable bonds is 9. The number of nitrogens with zero attached hydrogens (tertiary/aromatic N) is 2. The monoisotopic (exact) mass is 520 g/mol. The van der Waals surface area contributed by atoms with E-state index in [0.29, 0.717) is 18.0 Å². The molecule has 0 bridgehead atoms. The Labute approximate surface area is 187 Å². The lowest BCUT2D eigenvalue weighted by molar-refractivity contribution is 0.347. The van der Waals surface area contributed by atoms with E-state index in [1.165, 1.54) is 4.88 Å². The molecular weight excluding hydrogens is 491 g/mol. The van der Waals surface area contributed by atoms with E-state index < -0.39 is 0 Å². The van der Waals surface area contributed by atoms with Crippen molar-refractivity contribution >= 4 is 41.3 Å². The molecule has 0 radical (unpaired) electrons. The molecule has 0 saturated heterocycles. The minimum absolute atomic E-state index is 0. The first-order chi connectivity index (χ1) is 13.1. The Balaban J connectivity index is 0.00000392. The Bertz CT molecular complexity index is 768. The second-order valence-corrected chi connectivity index (χ2v) is 6.90. The number of hydrogen-bond acceptors (Lipinski definition) is 6. The Hall–Kier alpha value is -1.75. The average molecular weight is 520 g/mol. The third-order valence-corrected chi connectivity index (χ3v) is 5.24. The van der Waals surface area contributed by atoms with Crippen LogP contribution in [0.15, 0.2) is 23.3 Å². The van der Waals surface area contributed by atoms with E-state index in [9.17, 15) is 0 Å². The first kappa shape index (κ1) is 24.3. The van der Waals surface area contributed by atoms with Crippen LogP contribution in [-0.4, -0.2) is 45.9 Å². The zero-order chi connectivity index (χ0) is 19.6. The molecule has 1 aromatic heterocycles. The summed E-state index contributed by atoms with van der Waals surface area (Å²) in [6, 6.07) is 3.72. The van der Waals surface area contributed by atoms with Crippen LogP contribution in [0.1, 0.15) is 22.4 Å². The summed E-state index contributed by atoms with van der Waals surface area (Å²) in [4.78, 5) is 10.0. The summed E-state index contributed by atoms with van der Waals surface area (Å²) in [6.07, 6.45) is 3.85. The zero-order valence-corrected chi connectivity index (χ0v) is 20.1. The van der Waals surface area contributed by atoms with E-state index in [0.717, 1.165) is 41.7 Å². The maximum Gasteiger partial charge on any atom is 0.191 e. The minimum atomic E-state index is 0. The van der Waals surface area contributed by atoms with Crippen LogP contribution in [0, 0.1) is 0 Å². The van der Waals surface area contributed by atoms with Crippen LogP contribution in [-0.2, 0) is 19.4 Å². The molecule has 0 aliphatic carbocycles. The lowest BCUT2D eigenvalue weighted by atomic mass is 10.1. The molecule has 0 saturated carbocycles. The van der Waals surface area contributed by atoms with Gasteiger partial charge in [-0.1, -0.05) is 6.92 Å². The summed E-state index contributed by atoms with van der Waals surface area (Å²) >= 11 is 1.76. The molecule has 156 valence electrons. The number of halogens is 1. The van der Waals surface area contributed by atoms with Crippen molar-refractivity contribution in [1.29, 1.82) is 0 Å². The van der Waals surface area contributed by atoms with Crippen molar-refractivity contribution in [3.63, 3.8) is 0 Å². The fraction of sp³-hybridized carbons (Fsp3) is 0.474. The largest absolute Gasteiger partial charge is 0.496 e. The topological polar surface area (TPSA) is 77.0 Å². The molecule has 1 aromatic carbocycles. The maximum atomic E-state index is 5.46. The van der Waals surface area contributed by atoms with Gasteiger partial charge in [-0.05, 0) is 12.5 Å². The van der Waals surface area contributed by atoms with Gasteiger partial charge in [-0.3, -0.25) is 4.99 Å². The quantitative estimate of drug-likeness (QED) is 0.301. The van der Waals surface area contributed by atoms with E-state index >= 15 is 0 Å². The first-order valence-electron chi connectivity index (χ1n) is 8.82. The molecule has 0 fully saturated rings. The van der Waals surface area contributed by atoms with Gasteiger partial charge >= 0.3 is 0 Å². The van der Waals surface area contributed by atoms with Gasteiger partial charge in [-0.15, -0.1) is 35.3 Å². The SMILES string of the molecule is CCc1cnc(CCNC(=NC)NCc2cc(OC)c(OC)cc2OC)s1.I. The van der Waals surface area contributed by atoms with E-state index in [4.69, 9.17) is 14.2 Å². The summed E-state index contributed by atoms with van der Waals surface area (Å²) in [6.45, 7) is 3.45. The zero-order valence-electron chi connectivity index (χ0n) is 17.0. The van der Waals surface area contributed by atoms with Gasteiger partial charge in [0.1, 0.15) is 5.75 Å². The fourth-order valence-corrected chi connectivity index (χ4v) is 3.41. The summed E-state index contributed by atoms with van der Waals surface area (Å²) in [5.74, 6) is 2.74. The highest BCUT2D eigenvalue weighted by atomic mass is 127. The van der Waals surface area contributed by atoms with E-state index in [1.54, 1.807) is 39.7 Å². The van der Waals surface area contributed by atoms with Crippen molar-refractivity contribution in [2.75, 3.05) is 34.9 Å². The summed E-state index contributed by atoms with van der Waals surface area (Å²) in [5.41, 5.74) is 0.950. The highest BCUT2D eigenvalue weighted by Crippen LogP contribution is 2.34. The third-order valence-electron chi connectivity index (χ3n) is 4.04. The molecule has 0 aliphatic rings. The number of hydrogen-bond donors (Lipinski definition) is 2. The summed E-state index contributed by atoms with van der Waals surface area (Å²) < 4.78 is 16.2. The first-order valence-corrected chi connectivity index (χ1v) is 9.63. The molecule has 0 atom stereocenters. The van der Waals surface area contributed by atoms with Crippen LogP contribution < -0.4 is 24.8 Å². The van der Waals surface area contributed by atoms with Gasteiger partial charge in [0, 0.05) is 49.3 Å². The highest BCUT2D eigenvalue weighted by molar-refractivity contribution is 14.0. The van der Waals surface area contributed by atoms with Crippen LogP contribution in [0.25, 0.3) is 0 Å². The fourth-order valence-electron chi connectivity index (χ4n) is 2.55. The van der Waals surface area contributed by atoms with E-state index in [1.807, 2.05) is 18.3 Å². The van der Waals surface area contributed by atoms with Crippen molar-refractivity contribution in [2.24, 2.45) is 4.99 Å². The van der Waals surface area contributed by atoms with Crippen LogP contribution in [0.4, 0.5) is 0 Å². The number of thiazole rings is 1. The Morgan fingerprint density at radius 3 is 2.32 bits per heavy atom. The van der Waals surface area contributed by atoms with Crippen molar-refractivity contribution in [2.45, 2.75) is 26.3 Å². The van der Waals surface area contributed by atoms with Gasteiger partial charge in [0.15, 0.2) is 17.5 Å². The summed E-state index contributed by atoms with van der Waals surface area (Å²) in [5, 5.41) is 7.75. The molecule has 7 nitrogen and oxygen atoms in total. The van der Waals surface area contributed by atoms with Crippen LogP contribution in [0.3, 0.4) is 0 Å². The average Bonchev–Trinajstić information content (AvgIpc) is 3.17. The molecule has 0 aliphatic heterocycles. The number of aromatic nitrogens is 1. The molecular formula is C19H29IN4O3S. The molecule has 2 rings (SSSR count). The lowest BCUT2D eigenvalue weighted by Gasteiger charge is -2.16. The number of methoxy groups -OCH3 is 3. The predicted octanol–water partition coefficient (Wildman–Crippen LogP) is 3.26. The molecule has 9 heteroatoms. The predicted molar refractivity (Wildman–Crippen MR) is 125 cm³/mol. The van der Waals surface area contributed by atoms with Crippen LogP contribution in [0.2, 0.25) is 0 Å². The highest BCUT2D eigenvalue weighted by Gasteiger charge is 2.12. The Morgan fingerprint density at radius 2 is 1.75 bits per heavy atom. The van der Waals surface area contributed by atoms with Gasteiger partial charge in [-0.25, -0.2) is 4.98 Å². The van der Waals surface area contributed by atoms with Crippen LogP contribution >= 0.6 is 35.3 Å². The number of benzene rings is 1. The Kier molecular flexibility index (Phi) is 11.0. The maximum absolute atomic E-state index is 5.46. The van der Waals surface area contributed by atoms with E-state index in [-0.39, 0.29) is 24.0 Å². The van der Waals surface area contributed by atoms with Crippen molar-refractivity contribution in [1.82, 2.24) is 15.6 Å². The van der Waals surface area contributed by atoms with Crippen molar-refractivity contribution < 1.29 is 14.2 Å². The van der Waals surface area contributed by atoms with Crippen LogP contribution in [0.5, 0.6) is 17.2 Å². The van der Waals surface area contributed by atoms with Crippen molar-refractivity contribution in [3.05, 3.63) is 33.8 Å². The Morgan fingerprint density at radius 1 is 1.07 bits per heavy atom.